The summed E-state index contributed by atoms with van der Waals surface area (Å²) >= 11 is 6.59. The number of carbonyl (C=O) groups excluding carboxylic acids is 2. The Bertz CT molecular complexity index is 1820. The number of hydrogen-bond acceptors (Lipinski definition) is 9. The number of aromatic nitrogens is 1. The summed E-state index contributed by atoms with van der Waals surface area (Å²) in [5.41, 5.74) is 3.79. The zero-order valence-corrected chi connectivity index (χ0v) is 21.7. The van der Waals surface area contributed by atoms with Crippen molar-refractivity contribution in [3.63, 3.8) is 0 Å². The van der Waals surface area contributed by atoms with Crippen molar-refractivity contribution in [3.05, 3.63) is 92.0 Å². The number of alkyl halides is 3. The second-order valence-electron chi connectivity index (χ2n) is 8.26. The topological polar surface area (TPSA) is 164 Å². The Morgan fingerprint density at radius 3 is 2.61 bits per heavy atom. The average molecular weight is 607 g/mol. The predicted molar refractivity (Wildman–Crippen MR) is 140 cm³/mol. The summed E-state index contributed by atoms with van der Waals surface area (Å²) in [7, 11) is 0. The molecule has 0 bridgehead atoms. The van der Waals surface area contributed by atoms with Gasteiger partial charge in [0.1, 0.15) is 39.3 Å². The number of halogens is 4. The summed E-state index contributed by atoms with van der Waals surface area (Å²) < 4.78 is 57.1. The van der Waals surface area contributed by atoms with Gasteiger partial charge in [-0.3, -0.25) is 19.7 Å². The summed E-state index contributed by atoms with van der Waals surface area (Å²) in [5.74, 6) is -1.75. The SMILES string of the molecule is NC(=O)c1sc2nc(C(F)(F)F)cc(-c3ccco3)c2c1NC(=O)c1ccc(COc2ccc([N+](=O)[O-])cc2Cl)o1. The molecule has 11 nitrogen and oxygen atoms in total. The second kappa shape index (κ2) is 10.6. The third-order valence-corrected chi connectivity index (χ3v) is 6.98. The van der Waals surface area contributed by atoms with Gasteiger partial charge in [0, 0.05) is 23.1 Å². The number of nitrogens with two attached hydrogens (primary N) is 1. The van der Waals surface area contributed by atoms with E-state index < -0.39 is 28.6 Å². The van der Waals surface area contributed by atoms with Crippen LogP contribution in [0.3, 0.4) is 0 Å². The number of pyridine rings is 1. The molecule has 5 rings (SSSR count). The number of nitrogens with zero attached hydrogens (tertiary/aromatic N) is 2. The number of fused-ring (bicyclic) bond motifs is 1. The Labute approximate surface area is 235 Å². The molecule has 4 heterocycles. The molecule has 2 amide bonds. The molecule has 4 aromatic heterocycles. The number of rotatable bonds is 8. The van der Waals surface area contributed by atoms with Gasteiger partial charge in [-0.05, 0) is 36.4 Å². The molecule has 0 aliphatic rings. The first-order valence-corrected chi connectivity index (χ1v) is 12.5. The maximum atomic E-state index is 13.6. The number of anilines is 1. The zero-order valence-electron chi connectivity index (χ0n) is 20.2. The number of primary amides is 1. The molecule has 0 radical (unpaired) electrons. The molecular weight excluding hydrogens is 593 g/mol. The van der Waals surface area contributed by atoms with E-state index in [0.29, 0.717) is 11.3 Å². The van der Waals surface area contributed by atoms with E-state index in [2.05, 4.69) is 10.3 Å². The number of non-ortho nitro benzene ring substituents is 1. The van der Waals surface area contributed by atoms with Crippen LogP contribution in [0.4, 0.5) is 24.5 Å². The smallest absolute Gasteiger partial charge is 0.433 e. The molecule has 5 aromatic rings. The van der Waals surface area contributed by atoms with Crippen molar-refractivity contribution in [2.24, 2.45) is 5.73 Å². The number of furan rings is 2. The molecule has 16 heteroatoms. The summed E-state index contributed by atoms with van der Waals surface area (Å²) in [6.07, 6.45) is -3.55. The number of benzene rings is 1. The summed E-state index contributed by atoms with van der Waals surface area (Å²) in [6, 6.07) is 9.97. The Morgan fingerprint density at radius 2 is 1.98 bits per heavy atom. The third-order valence-electron chi connectivity index (χ3n) is 5.58. The number of thiophene rings is 1. The van der Waals surface area contributed by atoms with Gasteiger partial charge in [0.15, 0.2) is 5.76 Å². The van der Waals surface area contributed by atoms with Crippen molar-refractivity contribution in [3.8, 4) is 17.1 Å². The normalized spacial score (nSPS) is 11.5. The Kier molecular flexibility index (Phi) is 7.15. The molecule has 0 aliphatic heterocycles. The number of nitrogens with one attached hydrogen (secondary N) is 1. The Hall–Kier alpha value is -4.89. The van der Waals surface area contributed by atoms with Gasteiger partial charge >= 0.3 is 6.18 Å². The number of ether oxygens (including phenoxy) is 1. The summed E-state index contributed by atoms with van der Waals surface area (Å²) in [4.78, 5) is 38.8. The highest BCUT2D eigenvalue weighted by atomic mass is 35.5. The molecule has 0 aliphatic carbocycles. The van der Waals surface area contributed by atoms with Gasteiger partial charge < -0.3 is 24.6 Å². The molecule has 41 heavy (non-hydrogen) atoms. The molecule has 0 saturated heterocycles. The lowest BCUT2D eigenvalue weighted by molar-refractivity contribution is -0.384. The van der Waals surface area contributed by atoms with Gasteiger partial charge in [-0.2, -0.15) is 13.2 Å². The number of nitro benzene ring substituents is 1. The molecule has 0 unspecified atom stereocenters. The highest BCUT2D eigenvalue weighted by Crippen LogP contribution is 2.44. The Balaban J connectivity index is 1.45. The standard InChI is InChI=1S/C25H14ClF3N4O7S/c26-14-8-11(33(36)37)3-5-16(14)39-10-12-4-6-17(40-12)23(35)32-20-19-13(15-2-1-7-38-15)9-18(25(27,28)29)31-24(19)41-21(20)22(30)34/h1-9H,10H2,(H2,30,34)(H,32,35). The minimum Gasteiger partial charge on any atom is -0.484 e. The van der Waals surface area contributed by atoms with Crippen molar-refractivity contribution in [2.45, 2.75) is 12.8 Å². The number of carbonyl (C=O) groups is 2. The molecular formula is C25H14ClF3N4O7S. The van der Waals surface area contributed by atoms with Crippen LogP contribution in [0.25, 0.3) is 21.5 Å². The molecule has 0 spiro atoms. The highest BCUT2D eigenvalue weighted by molar-refractivity contribution is 7.21. The van der Waals surface area contributed by atoms with Crippen LogP contribution in [0, 0.1) is 10.1 Å². The Morgan fingerprint density at radius 1 is 1.20 bits per heavy atom. The molecule has 0 fully saturated rings. The molecule has 0 atom stereocenters. The van der Waals surface area contributed by atoms with E-state index in [1.165, 1.54) is 42.7 Å². The van der Waals surface area contributed by atoms with Crippen molar-refractivity contribution < 1.29 is 41.3 Å². The van der Waals surface area contributed by atoms with Crippen LogP contribution in [0.15, 0.2) is 63.6 Å². The first-order valence-electron chi connectivity index (χ1n) is 11.3. The monoisotopic (exact) mass is 606 g/mol. The first-order chi connectivity index (χ1) is 19.4. The van der Waals surface area contributed by atoms with Crippen molar-refractivity contribution in [1.82, 2.24) is 4.98 Å². The third kappa shape index (κ3) is 5.57. The van der Waals surface area contributed by atoms with Gasteiger partial charge in [-0.25, -0.2) is 4.98 Å². The van der Waals surface area contributed by atoms with E-state index in [1.54, 1.807) is 0 Å². The fourth-order valence-corrected chi connectivity index (χ4v) is 5.02. The average Bonchev–Trinajstić information content (AvgIpc) is 3.67. The fraction of sp³-hybridized carbons (Fsp3) is 0.0800. The number of amides is 2. The van der Waals surface area contributed by atoms with Gasteiger partial charge in [0.2, 0.25) is 0 Å². The van der Waals surface area contributed by atoms with Crippen LogP contribution < -0.4 is 15.8 Å². The van der Waals surface area contributed by atoms with Gasteiger partial charge in [-0.1, -0.05) is 11.6 Å². The maximum Gasteiger partial charge on any atom is 0.433 e. The second-order valence-corrected chi connectivity index (χ2v) is 9.67. The minimum atomic E-state index is -4.80. The largest absolute Gasteiger partial charge is 0.484 e. The zero-order chi connectivity index (χ0) is 29.5. The highest BCUT2D eigenvalue weighted by Gasteiger charge is 2.35. The van der Waals surface area contributed by atoms with E-state index >= 15 is 0 Å². The van der Waals surface area contributed by atoms with Gasteiger partial charge in [0.25, 0.3) is 17.5 Å². The van der Waals surface area contributed by atoms with E-state index in [0.717, 1.165) is 12.1 Å². The molecule has 0 saturated carbocycles. The fourth-order valence-electron chi connectivity index (χ4n) is 3.78. The molecule has 1 aromatic carbocycles. The van der Waals surface area contributed by atoms with Gasteiger partial charge in [-0.15, -0.1) is 11.3 Å². The van der Waals surface area contributed by atoms with Gasteiger partial charge in [0.05, 0.1) is 21.9 Å². The number of hydrogen-bond donors (Lipinski definition) is 2. The van der Waals surface area contributed by atoms with Crippen LogP contribution >= 0.6 is 22.9 Å². The predicted octanol–water partition coefficient (Wildman–Crippen LogP) is 6.66. The molecule has 210 valence electrons. The molecule has 3 N–H and O–H groups in total. The van der Waals surface area contributed by atoms with Crippen molar-refractivity contribution >= 4 is 56.3 Å². The van der Waals surface area contributed by atoms with Crippen LogP contribution in [-0.4, -0.2) is 21.7 Å². The lowest BCUT2D eigenvalue weighted by atomic mass is 10.1. The van der Waals surface area contributed by atoms with Crippen molar-refractivity contribution in [1.29, 1.82) is 0 Å². The maximum absolute atomic E-state index is 13.6. The minimum absolute atomic E-state index is 0.0123. The summed E-state index contributed by atoms with van der Waals surface area (Å²) in [6.45, 7) is -0.203. The summed E-state index contributed by atoms with van der Waals surface area (Å²) in [5, 5.41) is 13.4. The van der Waals surface area contributed by atoms with Crippen LogP contribution in [0.1, 0.15) is 31.7 Å². The van der Waals surface area contributed by atoms with Crippen LogP contribution in [0.2, 0.25) is 5.02 Å². The van der Waals surface area contributed by atoms with Crippen LogP contribution in [0.5, 0.6) is 5.75 Å². The van der Waals surface area contributed by atoms with Crippen LogP contribution in [-0.2, 0) is 12.8 Å². The van der Waals surface area contributed by atoms with Crippen molar-refractivity contribution in [2.75, 3.05) is 5.32 Å². The lowest BCUT2D eigenvalue weighted by Crippen LogP contribution is -2.16. The van der Waals surface area contributed by atoms with E-state index in [-0.39, 0.29) is 66.7 Å². The van der Waals surface area contributed by atoms with E-state index in [1.807, 2.05) is 0 Å². The number of nitro groups is 1. The van der Waals surface area contributed by atoms with E-state index in [9.17, 15) is 32.9 Å². The quantitative estimate of drug-likeness (QED) is 0.146. The first kappa shape index (κ1) is 27.7. The lowest BCUT2D eigenvalue weighted by Gasteiger charge is -2.10. The van der Waals surface area contributed by atoms with E-state index in [4.69, 9.17) is 30.9 Å².